The third-order valence-corrected chi connectivity index (χ3v) is 5.63. The SMILES string of the molecule is COc1ccc(NC(=O)c2ccc(C[NH+]3CCc4ccccc4C3)cc2)c(OC)c1. The molecular weight excluding hydrogens is 376 g/mol. The molecule has 1 atom stereocenters. The van der Waals surface area contributed by atoms with E-state index >= 15 is 0 Å². The van der Waals surface area contributed by atoms with E-state index in [0.29, 0.717) is 22.7 Å². The Bertz CT molecular complexity index is 1030. The van der Waals surface area contributed by atoms with E-state index in [-0.39, 0.29) is 5.91 Å². The van der Waals surface area contributed by atoms with Gasteiger partial charge in [0.05, 0.1) is 26.5 Å². The van der Waals surface area contributed by atoms with Crippen LogP contribution < -0.4 is 19.7 Å². The van der Waals surface area contributed by atoms with Crippen molar-refractivity contribution in [3.05, 3.63) is 89.0 Å². The number of quaternary nitrogens is 1. The minimum Gasteiger partial charge on any atom is -0.497 e. The van der Waals surface area contributed by atoms with Crippen LogP contribution in [-0.2, 0) is 19.5 Å². The lowest BCUT2D eigenvalue weighted by atomic mass is 9.99. The molecule has 1 aliphatic heterocycles. The van der Waals surface area contributed by atoms with E-state index in [1.165, 1.54) is 16.7 Å². The molecule has 0 aliphatic carbocycles. The van der Waals surface area contributed by atoms with Gasteiger partial charge in [0.25, 0.3) is 5.91 Å². The lowest BCUT2D eigenvalue weighted by molar-refractivity contribution is -0.929. The topological polar surface area (TPSA) is 52.0 Å². The van der Waals surface area contributed by atoms with E-state index in [1.807, 2.05) is 24.3 Å². The van der Waals surface area contributed by atoms with Crippen molar-refractivity contribution in [2.24, 2.45) is 0 Å². The molecule has 3 aromatic carbocycles. The highest BCUT2D eigenvalue weighted by Gasteiger charge is 2.19. The Morgan fingerprint density at radius 2 is 1.73 bits per heavy atom. The molecule has 0 saturated heterocycles. The average molecular weight is 404 g/mol. The summed E-state index contributed by atoms with van der Waals surface area (Å²) in [5.41, 5.74) is 5.40. The normalized spacial score (nSPS) is 15.2. The summed E-state index contributed by atoms with van der Waals surface area (Å²) in [6.07, 6.45) is 1.12. The number of benzene rings is 3. The van der Waals surface area contributed by atoms with Crippen LogP contribution in [0.2, 0.25) is 0 Å². The Labute approximate surface area is 177 Å². The van der Waals surface area contributed by atoms with Gasteiger partial charge in [0.15, 0.2) is 0 Å². The first-order chi connectivity index (χ1) is 14.7. The molecule has 154 valence electrons. The number of hydrogen-bond donors (Lipinski definition) is 2. The number of hydrogen-bond acceptors (Lipinski definition) is 3. The zero-order chi connectivity index (χ0) is 20.9. The number of ether oxygens (including phenoxy) is 2. The zero-order valence-corrected chi connectivity index (χ0v) is 17.4. The monoisotopic (exact) mass is 403 g/mol. The molecule has 30 heavy (non-hydrogen) atoms. The largest absolute Gasteiger partial charge is 0.497 e. The van der Waals surface area contributed by atoms with Crippen molar-refractivity contribution < 1.29 is 19.2 Å². The van der Waals surface area contributed by atoms with Gasteiger partial charge in [-0.05, 0) is 29.8 Å². The van der Waals surface area contributed by atoms with Crippen LogP contribution in [0.15, 0.2) is 66.7 Å². The quantitative estimate of drug-likeness (QED) is 0.665. The Kier molecular flexibility index (Phi) is 6.00. The van der Waals surface area contributed by atoms with E-state index < -0.39 is 0 Å². The van der Waals surface area contributed by atoms with E-state index in [2.05, 4.69) is 29.6 Å². The summed E-state index contributed by atoms with van der Waals surface area (Å²) >= 11 is 0. The van der Waals surface area contributed by atoms with E-state index in [9.17, 15) is 4.79 Å². The molecule has 0 bridgehead atoms. The molecule has 4 rings (SSSR count). The summed E-state index contributed by atoms with van der Waals surface area (Å²) in [7, 11) is 3.17. The van der Waals surface area contributed by atoms with Crippen molar-refractivity contribution >= 4 is 11.6 Å². The third-order valence-electron chi connectivity index (χ3n) is 5.63. The molecular formula is C25H27N2O3+. The van der Waals surface area contributed by atoms with E-state index in [0.717, 1.165) is 26.1 Å². The van der Waals surface area contributed by atoms with Crippen LogP contribution in [0.3, 0.4) is 0 Å². The summed E-state index contributed by atoms with van der Waals surface area (Å²) < 4.78 is 10.6. The van der Waals surface area contributed by atoms with Crippen LogP contribution in [-0.4, -0.2) is 26.7 Å². The van der Waals surface area contributed by atoms with Gasteiger partial charge >= 0.3 is 0 Å². The first-order valence-electron chi connectivity index (χ1n) is 10.2. The second-order valence-corrected chi connectivity index (χ2v) is 7.59. The maximum Gasteiger partial charge on any atom is 0.255 e. The third kappa shape index (κ3) is 4.47. The minimum atomic E-state index is -0.163. The molecule has 0 fully saturated rings. The number of nitrogens with one attached hydrogen (secondary N) is 2. The maximum absolute atomic E-state index is 12.7. The molecule has 5 nitrogen and oxygen atoms in total. The lowest BCUT2D eigenvalue weighted by Crippen LogP contribution is -3.10. The first kappa shape index (κ1) is 20.0. The fourth-order valence-corrected chi connectivity index (χ4v) is 3.95. The Hall–Kier alpha value is -3.31. The number of carbonyl (C=O) groups excluding carboxylic acids is 1. The van der Waals surface area contributed by atoms with Crippen molar-refractivity contribution in [1.29, 1.82) is 0 Å². The van der Waals surface area contributed by atoms with Gasteiger partial charge in [-0.15, -0.1) is 0 Å². The van der Waals surface area contributed by atoms with Gasteiger partial charge in [-0.2, -0.15) is 0 Å². The van der Waals surface area contributed by atoms with Crippen LogP contribution in [0.4, 0.5) is 5.69 Å². The number of fused-ring (bicyclic) bond motifs is 1. The summed E-state index contributed by atoms with van der Waals surface area (Å²) in [5.74, 6) is 1.08. The van der Waals surface area contributed by atoms with Crippen molar-refractivity contribution in [2.75, 3.05) is 26.1 Å². The Morgan fingerprint density at radius 3 is 2.47 bits per heavy atom. The fraction of sp³-hybridized carbons (Fsp3) is 0.240. The molecule has 3 aromatic rings. The highest BCUT2D eigenvalue weighted by molar-refractivity contribution is 6.05. The predicted molar refractivity (Wildman–Crippen MR) is 117 cm³/mol. The van der Waals surface area contributed by atoms with Gasteiger partial charge in [-0.1, -0.05) is 36.4 Å². The van der Waals surface area contributed by atoms with Crippen molar-refractivity contribution in [2.45, 2.75) is 19.5 Å². The second kappa shape index (κ2) is 9.01. The predicted octanol–water partition coefficient (Wildman–Crippen LogP) is 3.10. The molecule has 1 amide bonds. The summed E-state index contributed by atoms with van der Waals surface area (Å²) in [6.45, 7) is 3.15. The number of rotatable bonds is 6. The van der Waals surface area contributed by atoms with Crippen LogP contribution in [0.1, 0.15) is 27.0 Å². The van der Waals surface area contributed by atoms with Gasteiger partial charge in [-0.25, -0.2) is 0 Å². The Balaban J connectivity index is 1.39. The number of anilines is 1. The molecule has 0 radical (unpaired) electrons. The lowest BCUT2D eigenvalue weighted by Gasteiger charge is -2.26. The Morgan fingerprint density at radius 1 is 0.967 bits per heavy atom. The van der Waals surface area contributed by atoms with Crippen molar-refractivity contribution in [1.82, 2.24) is 0 Å². The van der Waals surface area contributed by atoms with Gasteiger partial charge < -0.3 is 19.7 Å². The van der Waals surface area contributed by atoms with Gasteiger partial charge in [0.2, 0.25) is 0 Å². The summed E-state index contributed by atoms with van der Waals surface area (Å²) in [6, 6.07) is 21.9. The maximum atomic E-state index is 12.7. The fourth-order valence-electron chi connectivity index (χ4n) is 3.95. The summed E-state index contributed by atoms with van der Waals surface area (Å²) in [5, 5.41) is 2.92. The molecule has 2 N–H and O–H groups in total. The number of amides is 1. The summed E-state index contributed by atoms with van der Waals surface area (Å²) in [4.78, 5) is 14.2. The standard InChI is InChI=1S/C25H26N2O3/c1-29-22-11-12-23(24(15-22)30-2)26-25(28)20-9-7-18(8-10-20)16-27-14-13-19-5-3-4-6-21(19)17-27/h3-12,15H,13-14,16-17H2,1-2H3,(H,26,28)/p+1. The molecule has 0 aromatic heterocycles. The first-order valence-corrected chi connectivity index (χ1v) is 10.2. The van der Waals surface area contributed by atoms with Crippen LogP contribution in [0, 0.1) is 0 Å². The molecule has 1 unspecified atom stereocenters. The van der Waals surface area contributed by atoms with Gasteiger partial charge in [0.1, 0.15) is 24.6 Å². The minimum absolute atomic E-state index is 0.163. The van der Waals surface area contributed by atoms with Crippen molar-refractivity contribution in [3.8, 4) is 11.5 Å². The van der Waals surface area contributed by atoms with Crippen LogP contribution >= 0.6 is 0 Å². The van der Waals surface area contributed by atoms with Crippen LogP contribution in [0.25, 0.3) is 0 Å². The smallest absolute Gasteiger partial charge is 0.255 e. The average Bonchev–Trinajstić information content (AvgIpc) is 2.79. The highest BCUT2D eigenvalue weighted by atomic mass is 16.5. The number of carbonyl (C=O) groups is 1. The second-order valence-electron chi connectivity index (χ2n) is 7.59. The molecule has 1 heterocycles. The van der Waals surface area contributed by atoms with Gasteiger partial charge in [0, 0.05) is 29.2 Å². The molecule has 0 spiro atoms. The number of methoxy groups -OCH3 is 2. The van der Waals surface area contributed by atoms with E-state index in [4.69, 9.17) is 9.47 Å². The molecule has 0 saturated carbocycles. The zero-order valence-electron chi connectivity index (χ0n) is 17.4. The van der Waals surface area contributed by atoms with Crippen LogP contribution in [0.5, 0.6) is 11.5 Å². The van der Waals surface area contributed by atoms with Crippen molar-refractivity contribution in [3.63, 3.8) is 0 Å². The molecule has 1 aliphatic rings. The highest BCUT2D eigenvalue weighted by Crippen LogP contribution is 2.29. The van der Waals surface area contributed by atoms with Gasteiger partial charge in [-0.3, -0.25) is 4.79 Å². The molecule has 5 heteroatoms. The van der Waals surface area contributed by atoms with E-state index in [1.54, 1.807) is 37.3 Å².